The lowest BCUT2D eigenvalue weighted by molar-refractivity contribution is 0.0974. The zero-order valence-electron chi connectivity index (χ0n) is 15.9. The molecule has 0 radical (unpaired) electrons. The monoisotopic (exact) mass is 388 g/mol. The predicted molar refractivity (Wildman–Crippen MR) is 108 cm³/mol. The van der Waals surface area contributed by atoms with Crippen LogP contribution in [-0.4, -0.2) is 21.8 Å². The third kappa shape index (κ3) is 3.14. The number of hydrogen-bond acceptors (Lipinski definition) is 5. The van der Waals surface area contributed by atoms with E-state index < -0.39 is 11.6 Å². The van der Waals surface area contributed by atoms with Gasteiger partial charge >= 0.3 is 0 Å². The van der Waals surface area contributed by atoms with Crippen LogP contribution in [0.25, 0.3) is 0 Å². The number of para-hydroxylation sites is 1. The SMILES string of the molecule is CCCCc1ccccc1Oc1ccc2c(c1O)C(=O)c1cccc(O)c1C2=O. The number of benzene rings is 3. The van der Waals surface area contributed by atoms with Gasteiger partial charge in [-0.2, -0.15) is 0 Å². The van der Waals surface area contributed by atoms with Crippen molar-refractivity contribution < 1.29 is 24.5 Å². The summed E-state index contributed by atoms with van der Waals surface area (Å²) in [5, 5.41) is 20.8. The summed E-state index contributed by atoms with van der Waals surface area (Å²) in [5.41, 5.74) is 0.982. The molecule has 5 heteroatoms. The first-order valence-electron chi connectivity index (χ1n) is 9.56. The highest BCUT2D eigenvalue weighted by molar-refractivity contribution is 6.30. The standard InChI is InChI=1S/C24H20O5/c1-2-3-7-14-8-4-5-11-18(14)29-19-13-12-16-21(24(19)28)23(27)15-9-6-10-17(25)20(15)22(16)26/h4-6,8-13,25,28H,2-3,7H2,1H3. The number of phenols is 2. The van der Waals surface area contributed by atoms with Gasteiger partial charge in [0.15, 0.2) is 23.1 Å². The molecule has 4 rings (SSSR count). The fourth-order valence-corrected chi connectivity index (χ4v) is 3.61. The zero-order chi connectivity index (χ0) is 20.5. The van der Waals surface area contributed by atoms with Gasteiger partial charge in [-0.25, -0.2) is 0 Å². The summed E-state index contributed by atoms with van der Waals surface area (Å²) in [6.07, 6.45) is 2.88. The number of fused-ring (bicyclic) bond motifs is 2. The van der Waals surface area contributed by atoms with E-state index in [2.05, 4.69) is 6.92 Å². The summed E-state index contributed by atoms with van der Waals surface area (Å²) in [6.45, 7) is 2.11. The van der Waals surface area contributed by atoms with E-state index in [1.54, 1.807) is 0 Å². The molecule has 3 aromatic carbocycles. The number of ketones is 2. The van der Waals surface area contributed by atoms with Crippen molar-refractivity contribution in [3.63, 3.8) is 0 Å². The van der Waals surface area contributed by atoms with Gasteiger partial charge in [0.2, 0.25) is 0 Å². The van der Waals surface area contributed by atoms with Gasteiger partial charge in [0.25, 0.3) is 0 Å². The zero-order valence-corrected chi connectivity index (χ0v) is 15.9. The summed E-state index contributed by atoms with van der Waals surface area (Å²) in [7, 11) is 0. The number of carbonyl (C=O) groups excluding carboxylic acids is 2. The normalized spacial score (nSPS) is 12.4. The van der Waals surface area contributed by atoms with Crippen LogP contribution in [0, 0.1) is 0 Å². The number of aryl methyl sites for hydroxylation is 1. The van der Waals surface area contributed by atoms with Crippen LogP contribution >= 0.6 is 0 Å². The molecular weight excluding hydrogens is 368 g/mol. The predicted octanol–water partition coefficient (Wildman–Crippen LogP) is 5.01. The Bertz CT molecular complexity index is 1130. The van der Waals surface area contributed by atoms with Crippen LogP contribution in [-0.2, 0) is 6.42 Å². The van der Waals surface area contributed by atoms with E-state index in [1.165, 1.54) is 30.3 Å². The van der Waals surface area contributed by atoms with Crippen molar-refractivity contribution in [1.29, 1.82) is 0 Å². The molecule has 0 saturated heterocycles. The number of aromatic hydroxyl groups is 2. The summed E-state index contributed by atoms with van der Waals surface area (Å²) in [4.78, 5) is 25.8. The minimum Gasteiger partial charge on any atom is -0.507 e. The molecule has 0 aliphatic heterocycles. The van der Waals surface area contributed by atoms with E-state index in [4.69, 9.17) is 4.74 Å². The molecule has 146 valence electrons. The van der Waals surface area contributed by atoms with Crippen LogP contribution in [0.15, 0.2) is 54.6 Å². The van der Waals surface area contributed by atoms with Crippen LogP contribution < -0.4 is 4.74 Å². The average Bonchev–Trinajstić information content (AvgIpc) is 2.72. The van der Waals surface area contributed by atoms with Gasteiger partial charge in [-0.3, -0.25) is 9.59 Å². The Morgan fingerprint density at radius 3 is 2.31 bits per heavy atom. The second-order valence-electron chi connectivity index (χ2n) is 7.01. The van der Waals surface area contributed by atoms with E-state index in [-0.39, 0.29) is 39.5 Å². The van der Waals surface area contributed by atoms with Crippen molar-refractivity contribution in [1.82, 2.24) is 0 Å². The highest BCUT2D eigenvalue weighted by Gasteiger charge is 2.35. The molecule has 0 fully saturated rings. The third-order valence-electron chi connectivity index (χ3n) is 5.12. The first-order chi connectivity index (χ1) is 14.0. The molecule has 0 bridgehead atoms. The molecule has 1 aliphatic rings. The first kappa shape index (κ1) is 18.7. The maximum atomic E-state index is 13.0. The van der Waals surface area contributed by atoms with E-state index in [9.17, 15) is 19.8 Å². The molecule has 29 heavy (non-hydrogen) atoms. The third-order valence-corrected chi connectivity index (χ3v) is 5.12. The molecule has 0 aromatic heterocycles. The summed E-state index contributed by atoms with van der Waals surface area (Å²) < 4.78 is 5.94. The highest BCUT2D eigenvalue weighted by Crippen LogP contribution is 2.42. The minimum atomic E-state index is -0.521. The molecule has 0 heterocycles. The van der Waals surface area contributed by atoms with Gasteiger partial charge < -0.3 is 14.9 Å². The van der Waals surface area contributed by atoms with Gasteiger partial charge in [0.1, 0.15) is 11.5 Å². The Kier molecular flexibility index (Phi) is 4.80. The number of ether oxygens (including phenoxy) is 1. The molecule has 0 atom stereocenters. The van der Waals surface area contributed by atoms with Crippen molar-refractivity contribution in [3.05, 3.63) is 82.4 Å². The molecule has 0 unspecified atom stereocenters. The smallest absolute Gasteiger partial charge is 0.198 e. The van der Waals surface area contributed by atoms with Crippen molar-refractivity contribution in [2.45, 2.75) is 26.2 Å². The maximum absolute atomic E-state index is 13.0. The van der Waals surface area contributed by atoms with Crippen LogP contribution in [0.3, 0.4) is 0 Å². The Hall–Kier alpha value is -3.60. The van der Waals surface area contributed by atoms with E-state index in [0.29, 0.717) is 5.75 Å². The van der Waals surface area contributed by atoms with Crippen molar-refractivity contribution in [2.75, 3.05) is 0 Å². The molecule has 5 nitrogen and oxygen atoms in total. The number of rotatable bonds is 5. The van der Waals surface area contributed by atoms with Crippen molar-refractivity contribution in [2.24, 2.45) is 0 Å². The molecule has 2 N–H and O–H groups in total. The van der Waals surface area contributed by atoms with E-state index >= 15 is 0 Å². The fourth-order valence-electron chi connectivity index (χ4n) is 3.61. The summed E-state index contributed by atoms with van der Waals surface area (Å²) in [6, 6.07) is 14.8. The lowest BCUT2D eigenvalue weighted by atomic mass is 9.83. The second-order valence-corrected chi connectivity index (χ2v) is 7.01. The lowest BCUT2D eigenvalue weighted by Crippen LogP contribution is -2.21. The Labute approximate surface area is 168 Å². The average molecular weight is 388 g/mol. The Morgan fingerprint density at radius 2 is 1.52 bits per heavy atom. The quantitative estimate of drug-likeness (QED) is 0.502. The minimum absolute atomic E-state index is 0.0389. The first-order valence-corrected chi connectivity index (χ1v) is 9.56. The number of phenolic OH excluding ortho intramolecular Hbond substituents is 2. The van der Waals surface area contributed by atoms with Gasteiger partial charge in [-0.05, 0) is 42.7 Å². The van der Waals surface area contributed by atoms with Crippen LogP contribution in [0.4, 0.5) is 0 Å². The van der Waals surface area contributed by atoms with Crippen LogP contribution in [0.5, 0.6) is 23.0 Å². The molecule has 0 amide bonds. The van der Waals surface area contributed by atoms with Crippen molar-refractivity contribution >= 4 is 11.6 Å². The summed E-state index contributed by atoms with van der Waals surface area (Å²) in [5.74, 6) is -0.941. The van der Waals surface area contributed by atoms with Gasteiger partial charge in [0, 0.05) is 11.1 Å². The van der Waals surface area contributed by atoms with Crippen LogP contribution in [0.1, 0.15) is 57.2 Å². The van der Waals surface area contributed by atoms with E-state index in [1.807, 2.05) is 24.3 Å². The topological polar surface area (TPSA) is 83.8 Å². The molecule has 3 aromatic rings. The van der Waals surface area contributed by atoms with E-state index in [0.717, 1.165) is 24.8 Å². The number of unbranched alkanes of at least 4 members (excludes halogenated alkanes) is 1. The largest absolute Gasteiger partial charge is 0.507 e. The lowest BCUT2D eigenvalue weighted by Gasteiger charge is -2.21. The summed E-state index contributed by atoms with van der Waals surface area (Å²) >= 11 is 0. The maximum Gasteiger partial charge on any atom is 0.198 e. The number of hydrogen-bond donors (Lipinski definition) is 2. The molecule has 0 saturated carbocycles. The van der Waals surface area contributed by atoms with Gasteiger partial charge in [-0.15, -0.1) is 0 Å². The van der Waals surface area contributed by atoms with Crippen molar-refractivity contribution in [3.8, 4) is 23.0 Å². The Morgan fingerprint density at radius 1 is 0.793 bits per heavy atom. The van der Waals surface area contributed by atoms with Gasteiger partial charge in [-0.1, -0.05) is 43.7 Å². The second kappa shape index (κ2) is 7.43. The molecule has 1 aliphatic carbocycles. The molecule has 0 spiro atoms. The molecular formula is C24H20O5. The van der Waals surface area contributed by atoms with Gasteiger partial charge in [0.05, 0.1) is 11.1 Å². The fraction of sp³-hybridized carbons (Fsp3) is 0.167. The highest BCUT2D eigenvalue weighted by atomic mass is 16.5. The Balaban J connectivity index is 1.77. The number of carbonyl (C=O) groups is 2. The van der Waals surface area contributed by atoms with Crippen LogP contribution in [0.2, 0.25) is 0 Å².